The first-order valence-electron chi connectivity index (χ1n) is 5.97. The Balaban J connectivity index is 0.00000200. The van der Waals surface area contributed by atoms with E-state index in [9.17, 15) is 4.79 Å². The standard InChI is InChI=1S/C15H15N3O.H2O/c1-11-5-6-13(8-12(11)2)9-17-18-15(19)14-4-3-7-16-10-14;/h3-10H,1-2H3,(H,18,19);1H2/b17-9+;. The van der Waals surface area contributed by atoms with Crippen LogP contribution in [0.25, 0.3) is 0 Å². The summed E-state index contributed by atoms with van der Waals surface area (Å²) in [5.41, 5.74) is 6.34. The van der Waals surface area contributed by atoms with Crippen molar-refractivity contribution in [3.05, 3.63) is 65.0 Å². The lowest BCUT2D eigenvalue weighted by atomic mass is 10.1. The van der Waals surface area contributed by atoms with Gasteiger partial charge in [-0.1, -0.05) is 18.2 Å². The van der Waals surface area contributed by atoms with Gasteiger partial charge in [-0.2, -0.15) is 5.10 Å². The molecule has 0 aliphatic carbocycles. The topological polar surface area (TPSA) is 85.8 Å². The number of pyridine rings is 1. The largest absolute Gasteiger partial charge is 0.412 e. The van der Waals surface area contributed by atoms with Gasteiger partial charge in [-0.3, -0.25) is 9.78 Å². The Morgan fingerprint density at radius 3 is 2.70 bits per heavy atom. The van der Waals surface area contributed by atoms with E-state index in [1.165, 1.54) is 17.3 Å². The van der Waals surface area contributed by atoms with Crippen molar-refractivity contribution in [1.82, 2.24) is 10.4 Å². The highest BCUT2D eigenvalue weighted by Gasteiger charge is 2.02. The van der Waals surface area contributed by atoms with Gasteiger partial charge in [0, 0.05) is 12.4 Å². The number of hydrogen-bond acceptors (Lipinski definition) is 3. The number of carbonyl (C=O) groups excluding carboxylic acids is 1. The molecule has 0 atom stereocenters. The molecule has 0 unspecified atom stereocenters. The number of benzene rings is 1. The molecule has 0 radical (unpaired) electrons. The molecule has 0 aliphatic heterocycles. The Morgan fingerprint density at radius 2 is 2.05 bits per heavy atom. The third-order valence-electron chi connectivity index (χ3n) is 2.83. The van der Waals surface area contributed by atoms with Crippen LogP contribution < -0.4 is 5.43 Å². The molecule has 1 heterocycles. The van der Waals surface area contributed by atoms with Crippen molar-refractivity contribution in [1.29, 1.82) is 0 Å². The zero-order valence-electron chi connectivity index (χ0n) is 11.4. The summed E-state index contributed by atoms with van der Waals surface area (Å²) in [6.07, 6.45) is 4.75. The van der Waals surface area contributed by atoms with Crippen LogP contribution in [0.1, 0.15) is 27.0 Å². The lowest BCUT2D eigenvalue weighted by Gasteiger charge is -2.01. The van der Waals surface area contributed by atoms with E-state index in [2.05, 4.69) is 22.4 Å². The Bertz CT molecular complexity index is 610. The molecule has 104 valence electrons. The average molecular weight is 271 g/mol. The number of aryl methyl sites for hydroxylation is 2. The van der Waals surface area contributed by atoms with Crippen molar-refractivity contribution >= 4 is 12.1 Å². The zero-order chi connectivity index (χ0) is 13.7. The van der Waals surface area contributed by atoms with Gasteiger partial charge in [-0.25, -0.2) is 5.43 Å². The van der Waals surface area contributed by atoms with Crippen LogP contribution in [-0.4, -0.2) is 22.6 Å². The third-order valence-corrected chi connectivity index (χ3v) is 2.83. The van der Waals surface area contributed by atoms with Crippen molar-refractivity contribution in [2.45, 2.75) is 13.8 Å². The molecule has 1 aromatic heterocycles. The number of nitrogens with zero attached hydrogens (tertiary/aromatic N) is 2. The van der Waals surface area contributed by atoms with E-state index in [0.717, 1.165) is 5.56 Å². The number of hydrazone groups is 1. The van der Waals surface area contributed by atoms with Crippen LogP contribution in [-0.2, 0) is 0 Å². The predicted octanol–water partition coefficient (Wildman–Crippen LogP) is 1.64. The van der Waals surface area contributed by atoms with E-state index in [-0.39, 0.29) is 11.4 Å². The highest BCUT2D eigenvalue weighted by Crippen LogP contribution is 2.07. The maximum Gasteiger partial charge on any atom is 0.272 e. The normalized spacial score (nSPS) is 10.1. The minimum absolute atomic E-state index is 0. The smallest absolute Gasteiger partial charge is 0.272 e. The number of hydrogen-bond donors (Lipinski definition) is 1. The van der Waals surface area contributed by atoms with Crippen LogP contribution >= 0.6 is 0 Å². The van der Waals surface area contributed by atoms with Crippen molar-refractivity contribution in [2.24, 2.45) is 5.10 Å². The minimum atomic E-state index is -0.270. The van der Waals surface area contributed by atoms with Gasteiger partial charge in [0.25, 0.3) is 5.91 Å². The van der Waals surface area contributed by atoms with E-state index in [0.29, 0.717) is 5.56 Å². The molecule has 0 fully saturated rings. The molecule has 1 amide bonds. The number of nitrogens with one attached hydrogen (secondary N) is 1. The van der Waals surface area contributed by atoms with Gasteiger partial charge in [0.1, 0.15) is 0 Å². The van der Waals surface area contributed by atoms with Crippen LogP contribution in [0.4, 0.5) is 0 Å². The predicted molar refractivity (Wildman–Crippen MR) is 78.8 cm³/mol. The van der Waals surface area contributed by atoms with E-state index < -0.39 is 0 Å². The molecule has 0 bridgehead atoms. The summed E-state index contributed by atoms with van der Waals surface area (Å²) in [7, 11) is 0. The number of amides is 1. The molecule has 2 aromatic rings. The zero-order valence-corrected chi connectivity index (χ0v) is 11.4. The molecular formula is C15H17N3O2. The Labute approximate surface area is 117 Å². The van der Waals surface area contributed by atoms with E-state index in [1.54, 1.807) is 24.5 Å². The minimum Gasteiger partial charge on any atom is -0.412 e. The first-order chi connectivity index (χ1) is 9.16. The van der Waals surface area contributed by atoms with Gasteiger partial charge < -0.3 is 5.48 Å². The lowest BCUT2D eigenvalue weighted by molar-refractivity contribution is 0.0955. The second-order valence-electron chi connectivity index (χ2n) is 4.28. The first kappa shape index (κ1) is 15.5. The summed E-state index contributed by atoms with van der Waals surface area (Å²) >= 11 is 0. The van der Waals surface area contributed by atoms with Gasteiger partial charge >= 0.3 is 0 Å². The van der Waals surface area contributed by atoms with Gasteiger partial charge in [0.2, 0.25) is 0 Å². The van der Waals surface area contributed by atoms with Crippen molar-refractivity contribution < 1.29 is 10.3 Å². The van der Waals surface area contributed by atoms with Crippen LogP contribution in [0.15, 0.2) is 47.8 Å². The molecule has 2 rings (SSSR count). The first-order valence-corrected chi connectivity index (χ1v) is 5.97. The summed E-state index contributed by atoms with van der Waals surface area (Å²) in [4.78, 5) is 15.6. The van der Waals surface area contributed by atoms with E-state index in [4.69, 9.17) is 0 Å². The maximum atomic E-state index is 11.7. The fraction of sp³-hybridized carbons (Fsp3) is 0.133. The molecule has 1 aromatic carbocycles. The summed E-state index contributed by atoms with van der Waals surface area (Å²) in [5.74, 6) is -0.270. The SMILES string of the molecule is Cc1ccc(/C=N/NC(=O)c2cccnc2)cc1C.O. The fourth-order valence-corrected chi connectivity index (χ4v) is 1.57. The van der Waals surface area contributed by atoms with Gasteiger partial charge in [-0.05, 0) is 42.7 Å². The molecule has 3 N–H and O–H groups in total. The van der Waals surface area contributed by atoms with Crippen LogP contribution in [0, 0.1) is 13.8 Å². The second kappa shape index (κ2) is 7.16. The molecule has 0 saturated heterocycles. The number of rotatable bonds is 3. The van der Waals surface area contributed by atoms with Crippen LogP contribution in [0.5, 0.6) is 0 Å². The lowest BCUT2D eigenvalue weighted by Crippen LogP contribution is -2.17. The Hall–Kier alpha value is -2.53. The molecule has 0 saturated carbocycles. The van der Waals surface area contributed by atoms with Gasteiger partial charge in [-0.15, -0.1) is 0 Å². The summed E-state index contributed by atoms with van der Waals surface area (Å²) < 4.78 is 0. The van der Waals surface area contributed by atoms with Gasteiger partial charge in [0.15, 0.2) is 0 Å². The summed E-state index contributed by atoms with van der Waals surface area (Å²) in [6, 6.07) is 9.41. The van der Waals surface area contributed by atoms with E-state index in [1.807, 2.05) is 25.1 Å². The molecular weight excluding hydrogens is 254 g/mol. The number of aromatic nitrogens is 1. The van der Waals surface area contributed by atoms with E-state index >= 15 is 0 Å². The molecule has 5 nitrogen and oxygen atoms in total. The van der Waals surface area contributed by atoms with Crippen molar-refractivity contribution in [3.63, 3.8) is 0 Å². The van der Waals surface area contributed by atoms with Crippen molar-refractivity contribution in [2.75, 3.05) is 0 Å². The Kier molecular flexibility index (Phi) is 5.56. The molecule has 20 heavy (non-hydrogen) atoms. The highest BCUT2D eigenvalue weighted by molar-refractivity contribution is 5.94. The summed E-state index contributed by atoms with van der Waals surface area (Å²) in [6.45, 7) is 4.10. The fourth-order valence-electron chi connectivity index (χ4n) is 1.57. The van der Waals surface area contributed by atoms with Gasteiger partial charge in [0.05, 0.1) is 11.8 Å². The van der Waals surface area contributed by atoms with Crippen molar-refractivity contribution in [3.8, 4) is 0 Å². The molecule has 0 spiro atoms. The third kappa shape index (κ3) is 4.00. The molecule has 5 heteroatoms. The van der Waals surface area contributed by atoms with Crippen LogP contribution in [0.3, 0.4) is 0 Å². The maximum absolute atomic E-state index is 11.7. The molecule has 0 aliphatic rings. The Morgan fingerprint density at radius 1 is 1.25 bits per heavy atom. The summed E-state index contributed by atoms with van der Waals surface area (Å²) in [5, 5.41) is 3.94. The second-order valence-corrected chi connectivity index (χ2v) is 4.28. The monoisotopic (exact) mass is 271 g/mol. The van der Waals surface area contributed by atoms with Crippen LogP contribution in [0.2, 0.25) is 0 Å². The quantitative estimate of drug-likeness (QED) is 0.679. The number of carbonyl (C=O) groups is 1. The average Bonchev–Trinajstić information content (AvgIpc) is 2.43. The highest BCUT2D eigenvalue weighted by atomic mass is 16.2.